The molecule has 18 heavy (non-hydrogen) atoms. The third-order valence-corrected chi connectivity index (χ3v) is 3.08. The highest BCUT2D eigenvalue weighted by molar-refractivity contribution is 5.28. The van der Waals surface area contributed by atoms with Crippen LogP contribution >= 0.6 is 0 Å². The van der Waals surface area contributed by atoms with Crippen LogP contribution in [0, 0.1) is 0 Å². The number of rotatable bonds is 5. The Hall–Kier alpha value is -1.80. The van der Waals surface area contributed by atoms with E-state index in [1.165, 1.54) is 16.7 Å². The predicted octanol–water partition coefficient (Wildman–Crippen LogP) is 3.24. The molecular formula is C16H19NO. The van der Waals surface area contributed by atoms with E-state index in [0.29, 0.717) is 5.75 Å². The van der Waals surface area contributed by atoms with Crippen molar-refractivity contribution >= 4 is 0 Å². The van der Waals surface area contributed by atoms with Crippen molar-refractivity contribution in [3.63, 3.8) is 0 Å². The summed E-state index contributed by atoms with van der Waals surface area (Å²) in [6.07, 6.45) is 1.07. The lowest BCUT2D eigenvalue weighted by Gasteiger charge is -2.09. The van der Waals surface area contributed by atoms with E-state index in [4.69, 9.17) is 0 Å². The lowest BCUT2D eigenvalue weighted by molar-refractivity contribution is 0.475. The SMILES string of the molecule is CCc1ccccc1CNCc1ccc(O)cc1. The van der Waals surface area contributed by atoms with E-state index in [-0.39, 0.29) is 0 Å². The standard InChI is InChI=1S/C16H19NO/c1-2-14-5-3-4-6-15(14)12-17-11-13-7-9-16(18)10-8-13/h3-10,17-18H,2,11-12H2,1H3. The Morgan fingerprint density at radius 2 is 1.56 bits per heavy atom. The van der Waals surface area contributed by atoms with Crippen LogP contribution in [0.4, 0.5) is 0 Å². The molecule has 0 spiro atoms. The molecule has 0 aliphatic carbocycles. The second-order valence-electron chi connectivity index (χ2n) is 4.39. The summed E-state index contributed by atoms with van der Waals surface area (Å²) in [5, 5.41) is 12.6. The highest BCUT2D eigenvalue weighted by Crippen LogP contribution is 2.11. The summed E-state index contributed by atoms with van der Waals surface area (Å²) in [6.45, 7) is 3.88. The molecule has 0 bridgehead atoms. The molecule has 0 radical (unpaired) electrons. The topological polar surface area (TPSA) is 32.3 Å². The third-order valence-electron chi connectivity index (χ3n) is 3.08. The number of phenolic OH excluding ortho intramolecular Hbond substituents is 1. The van der Waals surface area contributed by atoms with Crippen LogP contribution in [0.2, 0.25) is 0 Å². The summed E-state index contributed by atoms with van der Waals surface area (Å²) >= 11 is 0. The van der Waals surface area contributed by atoms with E-state index in [1.54, 1.807) is 12.1 Å². The zero-order valence-corrected chi connectivity index (χ0v) is 10.7. The molecule has 0 atom stereocenters. The van der Waals surface area contributed by atoms with Gasteiger partial charge in [0.25, 0.3) is 0 Å². The molecule has 2 rings (SSSR count). The van der Waals surface area contributed by atoms with E-state index in [9.17, 15) is 5.11 Å². The Balaban J connectivity index is 1.90. The van der Waals surface area contributed by atoms with Gasteiger partial charge in [0.05, 0.1) is 0 Å². The van der Waals surface area contributed by atoms with Crippen molar-refractivity contribution in [2.75, 3.05) is 0 Å². The van der Waals surface area contributed by atoms with E-state index < -0.39 is 0 Å². The number of phenols is 1. The molecule has 0 unspecified atom stereocenters. The zero-order valence-electron chi connectivity index (χ0n) is 10.7. The summed E-state index contributed by atoms with van der Waals surface area (Å²) in [4.78, 5) is 0. The number of benzene rings is 2. The lowest BCUT2D eigenvalue weighted by atomic mass is 10.1. The average molecular weight is 241 g/mol. The van der Waals surface area contributed by atoms with Gasteiger partial charge in [0.15, 0.2) is 0 Å². The van der Waals surface area contributed by atoms with Crippen molar-refractivity contribution in [3.8, 4) is 5.75 Å². The van der Waals surface area contributed by atoms with Gasteiger partial charge in [0.1, 0.15) is 5.75 Å². The van der Waals surface area contributed by atoms with Gasteiger partial charge in [-0.1, -0.05) is 43.3 Å². The van der Waals surface area contributed by atoms with Crippen LogP contribution < -0.4 is 5.32 Å². The second kappa shape index (κ2) is 6.22. The number of hydrogen-bond donors (Lipinski definition) is 2. The number of aromatic hydroxyl groups is 1. The van der Waals surface area contributed by atoms with Crippen molar-refractivity contribution < 1.29 is 5.11 Å². The molecule has 0 saturated heterocycles. The zero-order chi connectivity index (χ0) is 12.8. The second-order valence-corrected chi connectivity index (χ2v) is 4.39. The first kappa shape index (κ1) is 12.7. The maximum Gasteiger partial charge on any atom is 0.115 e. The summed E-state index contributed by atoms with van der Waals surface area (Å²) in [7, 11) is 0. The first-order valence-corrected chi connectivity index (χ1v) is 6.35. The molecule has 2 N–H and O–H groups in total. The molecule has 2 heteroatoms. The largest absolute Gasteiger partial charge is 0.508 e. The summed E-state index contributed by atoms with van der Waals surface area (Å²) in [5.74, 6) is 0.315. The minimum Gasteiger partial charge on any atom is -0.508 e. The van der Waals surface area contributed by atoms with Gasteiger partial charge < -0.3 is 10.4 Å². The molecule has 0 aliphatic rings. The fourth-order valence-corrected chi connectivity index (χ4v) is 2.03. The molecule has 0 aliphatic heterocycles. The van der Waals surface area contributed by atoms with Gasteiger partial charge in [-0.25, -0.2) is 0 Å². The fraction of sp³-hybridized carbons (Fsp3) is 0.250. The van der Waals surface area contributed by atoms with Crippen molar-refractivity contribution in [3.05, 3.63) is 65.2 Å². The lowest BCUT2D eigenvalue weighted by Crippen LogP contribution is -2.13. The van der Waals surface area contributed by atoms with E-state index >= 15 is 0 Å². The predicted molar refractivity (Wildman–Crippen MR) is 74.5 cm³/mol. The first-order chi connectivity index (χ1) is 8.79. The number of nitrogens with one attached hydrogen (secondary N) is 1. The number of aryl methyl sites for hydroxylation is 1. The van der Waals surface area contributed by atoms with Crippen LogP contribution in [-0.4, -0.2) is 5.11 Å². The van der Waals surface area contributed by atoms with Gasteiger partial charge in [-0.15, -0.1) is 0 Å². The van der Waals surface area contributed by atoms with E-state index in [2.05, 4.69) is 36.5 Å². The van der Waals surface area contributed by atoms with Gasteiger partial charge >= 0.3 is 0 Å². The highest BCUT2D eigenvalue weighted by Gasteiger charge is 1.99. The van der Waals surface area contributed by atoms with Crippen molar-refractivity contribution in [1.82, 2.24) is 5.32 Å². The minimum atomic E-state index is 0.315. The van der Waals surface area contributed by atoms with Gasteiger partial charge in [-0.3, -0.25) is 0 Å². The normalized spacial score (nSPS) is 10.5. The number of hydrogen-bond acceptors (Lipinski definition) is 2. The molecule has 0 saturated carbocycles. The summed E-state index contributed by atoms with van der Waals surface area (Å²) in [5.41, 5.74) is 3.94. The van der Waals surface area contributed by atoms with Gasteiger partial charge in [0, 0.05) is 13.1 Å². The maximum atomic E-state index is 9.21. The molecule has 0 aromatic heterocycles. The van der Waals surface area contributed by atoms with Gasteiger partial charge in [0.2, 0.25) is 0 Å². The van der Waals surface area contributed by atoms with Crippen LogP contribution in [0.5, 0.6) is 5.75 Å². The molecular weight excluding hydrogens is 222 g/mol. The Morgan fingerprint density at radius 1 is 0.889 bits per heavy atom. The first-order valence-electron chi connectivity index (χ1n) is 6.35. The molecule has 2 nitrogen and oxygen atoms in total. The third kappa shape index (κ3) is 3.34. The average Bonchev–Trinajstić information content (AvgIpc) is 2.41. The Kier molecular flexibility index (Phi) is 4.37. The van der Waals surface area contributed by atoms with Gasteiger partial charge in [-0.05, 0) is 35.2 Å². The minimum absolute atomic E-state index is 0.315. The smallest absolute Gasteiger partial charge is 0.115 e. The summed E-state index contributed by atoms with van der Waals surface area (Å²) in [6, 6.07) is 15.8. The van der Waals surface area contributed by atoms with Crippen molar-refractivity contribution in [2.24, 2.45) is 0 Å². The van der Waals surface area contributed by atoms with Crippen LogP contribution in [-0.2, 0) is 19.5 Å². The molecule has 0 heterocycles. The van der Waals surface area contributed by atoms with Crippen LogP contribution in [0.1, 0.15) is 23.6 Å². The molecule has 0 amide bonds. The Morgan fingerprint density at radius 3 is 2.22 bits per heavy atom. The van der Waals surface area contributed by atoms with E-state index in [0.717, 1.165) is 19.5 Å². The van der Waals surface area contributed by atoms with Crippen LogP contribution in [0.3, 0.4) is 0 Å². The Labute approximate surface area is 108 Å². The highest BCUT2D eigenvalue weighted by atomic mass is 16.3. The van der Waals surface area contributed by atoms with Crippen molar-refractivity contribution in [2.45, 2.75) is 26.4 Å². The molecule has 0 fully saturated rings. The fourth-order valence-electron chi connectivity index (χ4n) is 2.03. The van der Waals surface area contributed by atoms with Crippen LogP contribution in [0.25, 0.3) is 0 Å². The van der Waals surface area contributed by atoms with Crippen molar-refractivity contribution in [1.29, 1.82) is 0 Å². The molecule has 94 valence electrons. The maximum absolute atomic E-state index is 9.21. The Bertz CT molecular complexity index is 491. The quantitative estimate of drug-likeness (QED) is 0.842. The summed E-state index contributed by atoms with van der Waals surface area (Å²) < 4.78 is 0. The van der Waals surface area contributed by atoms with Crippen LogP contribution in [0.15, 0.2) is 48.5 Å². The molecule has 2 aromatic rings. The van der Waals surface area contributed by atoms with Gasteiger partial charge in [-0.2, -0.15) is 0 Å². The monoisotopic (exact) mass is 241 g/mol. The van der Waals surface area contributed by atoms with E-state index in [1.807, 2.05) is 12.1 Å². The molecule has 2 aromatic carbocycles.